The zero-order chi connectivity index (χ0) is 17.6. The molecule has 0 spiro atoms. The second kappa shape index (κ2) is 8.20. The average Bonchev–Trinajstić information content (AvgIpc) is 2.53. The average molecular weight is 327 g/mol. The van der Waals surface area contributed by atoms with Crippen LogP contribution in [0.1, 0.15) is 37.5 Å². The van der Waals surface area contributed by atoms with E-state index in [2.05, 4.69) is 52.0 Å². The molecule has 0 aliphatic heterocycles. The zero-order valence-electron chi connectivity index (χ0n) is 15.3. The molecule has 2 aromatic rings. The van der Waals surface area contributed by atoms with Crippen molar-refractivity contribution in [2.45, 2.75) is 39.5 Å². The molecule has 0 aromatic heterocycles. The quantitative estimate of drug-likeness (QED) is 0.773. The number of para-hydroxylation sites is 2. The second-order valence-electron chi connectivity index (χ2n) is 7.04. The van der Waals surface area contributed by atoms with Gasteiger partial charge in [0.15, 0.2) is 0 Å². The van der Waals surface area contributed by atoms with Crippen LogP contribution in [-0.2, 0) is 11.8 Å². The first-order valence-electron chi connectivity index (χ1n) is 8.57. The van der Waals surface area contributed by atoms with Crippen LogP contribution in [0.3, 0.4) is 0 Å². The van der Waals surface area contributed by atoms with E-state index in [-0.39, 0.29) is 5.41 Å². The van der Waals surface area contributed by atoms with Crippen molar-refractivity contribution in [3.63, 3.8) is 0 Å². The summed E-state index contributed by atoms with van der Waals surface area (Å²) in [5, 5.41) is 0. The number of aryl methyl sites for hydroxylation is 1. The fraction of sp³-hybridized carbons (Fsp3) is 0.429. The molecule has 0 radical (unpaired) electrons. The lowest BCUT2D eigenvalue weighted by atomic mass is 9.85. The van der Waals surface area contributed by atoms with E-state index in [1.165, 1.54) is 5.56 Å². The number of benzene rings is 2. The van der Waals surface area contributed by atoms with Gasteiger partial charge in [0.05, 0.1) is 0 Å². The molecular formula is C21H29NO2. The van der Waals surface area contributed by atoms with Gasteiger partial charge in [-0.1, -0.05) is 57.2 Å². The summed E-state index contributed by atoms with van der Waals surface area (Å²) < 4.78 is 12.0. The van der Waals surface area contributed by atoms with E-state index >= 15 is 0 Å². The Balaban J connectivity index is 1.99. The molecule has 24 heavy (non-hydrogen) atoms. The van der Waals surface area contributed by atoms with Crippen molar-refractivity contribution in [1.82, 2.24) is 0 Å². The highest BCUT2D eigenvalue weighted by Crippen LogP contribution is 2.33. The van der Waals surface area contributed by atoms with E-state index < -0.39 is 0 Å². The van der Waals surface area contributed by atoms with Gasteiger partial charge in [-0.3, -0.25) is 0 Å². The molecule has 2 N–H and O–H groups in total. The Bertz CT molecular complexity index is 659. The molecule has 2 rings (SSSR count). The van der Waals surface area contributed by atoms with Gasteiger partial charge in [-0.25, -0.2) is 0 Å². The van der Waals surface area contributed by atoms with Crippen LogP contribution in [0, 0.1) is 6.92 Å². The molecule has 0 aliphatic carbocycles. The van der Waals surface area contributed by atoms with Gasteiger partial charge in [0, 0.05) is 0 Å². The van der Waals surface area contributed by atoms with Crippen LogP contribution in [0.4, 0.5) is 0 Å². The molecule has 0 heterocycles. The molecule has 130 valence electrons. The Hall–Kier alpha value is -2.00. The molecule has 3 heteroatoms. The summed E-state index contributed by atoms with van der Waals surface area (Å²) in [6.45, 7) is 10.3. The highest BCUT2D eigenvalue weighted by molar-refractivity contribution is 5.44. The van der Waals surface area contributed by atoms with Gasteiger partial charge in [0.25, 0.3) is 0 Å². The van der Waals surface area contributed by atoms with Crippen LogP contribution in [0.25, 0.3) is 0 Å². The van der Waals surface area contributed by atoms with Gasteiger partial charge in [-0.15, -0.1) is 0 Å². The van der Waals surface area contributed by atoms with Gasteiger partial charge in [0.1, 0.15) is 24.7 Å². The minimum absolute atomic E-state index is 0.0515. The second-order valence-corrected chi connectivity index (χ2v) is 7.04. The summed E-state index contributed by atoms with van der Waals surface area (Å²) in [6.07, 6.45) is 0.822. The van der Waals surface area contributed by atoms with Crippen molar-refractivity contribution in [2.24, 2.45) is 5.73 Å². The van der Waals surface area contributed by atoms with E-state index in [1.807, 2.05) is 18.2 Å². The highest BCUT2D eigenvalue weighted by Gasteiger charge is 2.20. The summed E-state index contributed by atoms with van der Waals surface area (Å²) in [5.74, 6) is 1.87. The minimum Gasteiger partial charge on any atom is -0.490 e. The molecule has 0 unspecified atom stereocenters. The van der Waals surface area contributed by atoms with E-state index in [0.717, 1.165) is 29.0 Å². The van der Waals surface area contributed by atoms with Crippen LogP contribution < -0.4 is 15.2 Å². The molecule has 0 fully saturated rings. The molecular weight excluding hydrogens is 298 g/mol. The van der Waals surface area contributed by atoms with Gasteiger partial charge in [0.2, 0.25) is 0 Å². The van der Waals surface area contributed by atoms with E-state index in [4.69, 9.17) is 15.2 Å². The largest absolute Gasteiger partial charge is 0.490 e. The van der Waals surface area contributed by atoms with Gasteiger partial charge >= 0.3 is 0 Å². The molecule has 2 aromatic carbocycles. The van der Waals surface area contributed by atoms with Crippen molar-refractivity contribution in [3.8, 4) is 11.5 Å². The van der Waals surface area contributed by atoms with Crippen LogP contribution in [-0.4, -0.2) is 19.8 Å². The van der Waals surface area contributed by atoms with Crippen molar-refractivity contribution in [1.29, 1.82) is 0 Å². The standard InChI is InChI=1S/C21H29NO2/c1-16-8-7-10-18(21(2,3)4)20(16)24-15-14-23-19-11-6-5-9-17(19)12-13-22/h5-11H,12-15,22H2,1-4H3. The van der Waals surface area contributed by atoms with Gasteiger partial charge in [-0.2, -0.15) is 0 Å². The number of hydrogen-bond donors (Lipinski definition) is 1. The number of rotatable bonds is 7. The Morgan fingerprint density at radius 2 is 1.62 bits per heavy atom. The van der Waals surface area contributed by atoms with Crippen molar-refractivity contribution < 1.29 is 9.47 Å². The first-order chi connectivity index (χ1) is 11.4. The number of nitrogens with two attached hydrogens (primary N) is 1. The van der Waals surface area contributed by atoms with Crippen LogP contribution >= 0.6 is 0 Å². The third kappa shape index (κ3) is 4.75. The Labute approximate surface area is 145 Å². The van der Waals surface area contributed by atoms with Gasteiger partial charge in [-0.05, 0) is 48.1 Å². The predicted molar refractivity (Wildman–Crippen MR) is 100 cm³/mol. The van der Waals surface area contributed by atoms with Crippen molar-refractivity contribution in [3.05, 3.63) is 59.2 Å². The van der Waals surface area contributed by atoms with Crippen LogP contribution in [0.15, 0.2) is 42.5 Å². The van der Waals surface area contributed by atoms with E-state index in [0.29, 0.717) is 19.8 Å². The number of hydrogen-bond acceptors (Lipinski definition) is 3. The van der Waals surface area contributed by atoms with Crippen molar-refractivity contribution in [2.75, 3.05) is 19.8 Å². The Morgan fingerprint density at radius 3 is 2.33 bits per heavy atom. The van der Waals surface area contributed by atoms with Crippen molar-refractivity contribution >= 4 is 0 Å². The fourth-order valence-corrected chi connectivity index (χ4v) is 2.74. The third-order valence-corrected chi connectivity index (χ3v) is 3.99. The summed E-state index contributed by atoms with van der Waals surface area (Å²) in [7, 11) is 0. The van der Waals surface area contributed by atoms with Gasteiger partial charge < -0.3 is 15.2 Å². The number of ether oxygens (including phenoxy) is 2. The lowest BCUT2D eigenvalue weighted by Crippen LogP contribution is -2.17. The topological polar surface area (TPSA) is 44.5 Å². The maximum Gasteiger partial charge on any atom is 0.126 e. The molecule has 3 nitrogen and oxygen atoms in total. The predicted octanol–water partition coefficient (Wildman–Crippen LogP) is 4.25. The van der Waals surface area contributed by atoms with E-state index in [1.54, 1.807) is 0 Å². The maximum absolute atomic E-state index is 6.07. The first-order valence-corrected chi connectivity index (χ1v) is 8.57. The summed E-state index contributed by atoms with van der Waals surface area (Å²) >= 11 is 0. The molecule has 0 bridgehead atoms. The third-order valence-electron chi connectivity index (χ3n) is 3.99. The lowest BCUT2D eigenvalue weighted by molar-refractivity contribution is 0.212. The van der Waals surface area contributed by atoms with Crippen LogP contribution in [0.2, 0.25) is 0 Å². The summed E-state index contributed by atoms with van der Waals surface area (Å²) in [4.78, 5) is 0. The molecule has 0 atom stereocenters. The smallest absolute Gasteiger partial charge is 0.126 e. The normalized spacial score (nSPS) is 11.4. The molecule has 0 aliphatic rings. The SMILES string of the molecule is Cc1cccc(C(C)(C)C)c1OCCOc1ccccc1CCN. The first kappa shape index (κ1) is 18.3. The monoisotopic (exact) mass is 327 g/mol. The minimum atomic E-state index is 0.0515. The zero-order valence-corrected chi connectivity index (χ0v) is 15.3. The summed E-state index contributed by atoms with van der Waals surface area (Å²) in [6, 6.07) is 14.3. The lowest BCUT2D eigenvalue weighted by Gasteiger charge is -2.24. The highest BCUT2D eigenvalue weighted by atomic mass is 16.5. The maximum atomic E-state index is 6.07. The van der Waals surface area contributed by atoms with Crippen LogP contribution in [0.5, 0.6) is 11.5 Å². The Morgan fingerprint density at radius 1 is 0.917 bits per heavy atom. The molecule has 0 saturated heterocycles. The summed E-state index contributed by atoms with van der Waals surface area (Å²) in [5.41, 5.74) is 9.24. The van der Waals surface area contributed by atoms with E-state index in [9.17, 15) is 0 Å². The molecule has 0 amide bonds. The molecule has 0 saturated carbocycles. The fourth-order valence-electron chi connectivity index (χ4n) is 2.74. The Kier molecular flexibility index (Phi) is 6.27.